The van der Waals surface area contributed by atoms with Gasteiger partial charge in [0.25, 0.3) is 5.56 Å². The topological polar surface area (TPSA) is 136 Å². The van der Waals surface area contributed by atoms with Gasteiger partial charge in [0.05, 0.1) is 37.0 Å². The van der Waals surface area contributed by atoms with E-state index < -0.39 is 0 Å². The van der Waals surface area contributed by atoms with Crippen LogP contribution in [0, 0.1) is 0 Å². The quantitative estimate of drug-likeness (QED) is 0.657. The number of aryl methyl sites for hydroxylation is 1. The number of aromatic nitrogens is 6. The number of hydrogen-bond acceptors (Lipinski definition) is 7. The average Bonchev–Trinajstić information content (AvgIpc) is 3.18. The number of anilines is 1. The van der Waals surface area contributed by atoms with Crippen LogP contribution in [0.1, 0.15) is 17.7 Å². The van der Waals surface area contributed by atoms with Crippen molar-refractivity contribution in [2.45, 2.75) is 26.1 Å². The van der Waals surface area contributed by atoms with E-state index in [0.29, 0.717) is 41.3 Å². The monoisotopic (exact) mass is 326 g/mol. The minimum atomic E-state index is -0.192. The SMILES string of the molecule is Nc1ncnc2c1ncn2CCC(=O)N1Cc2nc[nH]c(=O)c2C1. The second-order valence-corrected chi connectivity index (χ2v) is 5.53. The number of carbonyl (C=O) groups is 1. The highest BCUT2D eigenvalue weighted by Crippen LogP contribution is 2.19. The van der Waals surface area contributed by atoms with Gasteiger partial charge >= 0.3 is 0 Å². The molecule has 0 bridgehead atoms. The lowest BCUT2D eigenvalue weighted by molar-refractivity contribution is -0.132. The molecule has 0 saturated carbocycles. The van der Waals surface area contributed by atoms with Crippen LogP contribution in [-0.4, -0.2) is 40.3 Å². The van der Waals surface area contributed by atoms with Gasteiger partial charge in [-0.15, -0.1) is 0 Å². The molecular weight excluding hydrogens is 312 g/mol. The zero-order valence-corrected chi connectivity index (χ0v) is 12.6. The normalized spacial score (nSPS) is 13.4. The van der Waals surface area contributed by atoms with E-state index in [-0.39, 0.29) is 24.4 Å². The molecule has 0 radical (unpaired) electrons. The zero-order valence-electron chi connectivity index (χ0n) is 12.6. The molecule has 3 N–H and O–H groups in total. The van der Waals surface area contributed by atoms with Crippen molar-refractivity contribution < 1.29 is 4.79 Å². The number of rotatable bonds is 3. The highest BCUT2D eigenvalue weighted by atomic mass is 16.2. The summed E-state index contributed by atoms with van der Waals surface area (Å²) in [6.07, 6.45) is 4.58. The zero-order chi connectivity index (χ0) is 16.7. The van der Waals surface area contributed by atoms with Crippen molar-refractivity contribution in [2.24, 2.45) is 0 Å². The largest absolute Gasteiger partial charge is 0.382 e. The van der Waals surface area contributed by atoms with Gasteiger partial charge in [-0.05, 0) is 0 Å². The Morgan fingerprint density at radius 3 is 2.96 bits per heavy atom. The molecule has 3 aromatic rings. The molecule has 1 aliphatic heterocycles. The van der Waals surface area contributed by atoms with Gasteiger partial charge < -0.3 is 20.2 Å². The molecule has 0 saturated heterocycles. The van der Waals surface area contributed by atoms with Crippen LogP contribution in [0.5, 0.6) is 0 Å². The number of nitrogens with zero attached hydrogens (tertiary/aromatic N) is 6. The predicted molar refractivity (Wildman–Crippen MR) is 83.5 cm³/mol. The van der Waals surface area contributed by atoms with Crippen LogP contribution in [0.4, 0.5) is 5.82 Å². The fourth-order valence-electron chi connectivity index (χ4n) is 2.80. The first-order valence-corrected chi connectivity index (χ1v) is 7.38. The third kappa shape index (κ3) is 2.28. The van der Waals surface area contributed by atoms with E-state index in [9.17, 15) is 9.59 Å². The number of aromatic amines is 1. The van der Waals surface area contributed by atoms with Crippen LogP contribution in [0.2, 0.25) is 0 Å². The Labute approximate surface area is 135 Å². The average molecular weight is 326 g/mol. The molecule has 4 rings (SSSR count). The van der Waals surface area contributed by atoms with Gasteiger partial charge in [-0.1, -0.05) is 0 Å². The van der Waals surface area contributed by atoms with Gasteiger partial charge in [-0.3, -0.25) is 9.59 Å². The number of hydrogen-bond donors (Lipinski definition) is 2. The summed E-state index contributed by atoms with van der Waals surface area (Å²) in [6, 6.07) is 0. The van der Waals surface area contributed by atoms with E-state index in [1.807, 2.05) is 0 Å². The molecule has 122 valence electrons. The third-order valence-corrected chi connectivity index (χ3v) is 4.08. The van der Waals surface area contributed by atoms with Crippen molar-refractivity contribution in [3.8, 4) is 0 Å². The molecule has 0 atom stereocenters. The van der Waals surface area contributed by atoms with Crippen molar-refractivity contribution in [2.75, 3.05) is 5.73 Å². The van der Waals surface area contributed by atoms with Gasteiger partial charge in [0.15, 0.2) is 11.5 Å². The Morgan fingerprint density at radius 2 is 2.12 bits per heavy atom. The standard InChI is InChI=1S/C14H14N8O2/c15-12-11-13(18-6-17-12)21(7-20-11)2-1-10(23)22-3-8-9(4-22)16-5-19-14(8)24/h5-7H,1-4H2,(H2,15,17,18)(H,16,19,24). The fraction of sp³-hybridized carbons (Fsp3) is 0.286. The molecule has 0 spiro atoms. The van der Waals surface area contributed by atoms with Crippen LogP contribution in [0.3, 0.4) is 0 Å². The number of nitrogens with one attached hydrogen (secondary N) is 1. The molecule has 3 aromatic heterocycles. The van der Waals surface area contributed by atoms with Gasteiger partial charge in [0, 0.05) is 13.0 Å². The van der Waals surface area contributed by atoms with E-state index in [4.69, 9.17) is 5.73 Å². The molecule has 1 aliphatic rings. The van der Waals surface area contributed by atoms with Gasteiger partial charge in [-0.2, -0.15) is 0 Å². The van der Waals surface area contributed by atoms with Gasteiger partial charge in [0.2, 0.25) is 5.91 Å². The van der Waals surface area contributed by atoms with E-state index in [0.717, 1.165) is 0 Å². The first-order chi connectivity index (χ1) is 11.6. The summed E-state index contributed by atoms with van der Waals surface area (Å²) in [5.74, 6) is 0.252. The number of carbonyl (C=O) groups excluding carboxylic acids is 1. The highest BCUT2D eigenvalue weighted by molar-refractivity contribution is 5.81. The maximum atomic E-state index is 12.4. The number of amides is 1. The number of nitrogen functional groups attached to an aromatic ring is 1. The molecule has 0 aliphatic carbocycles. The Kier molecular flexibility index (Phi) is 3.22. The Bertz CT molecular complexity index is 992. The summed E-state index contributed by atoms with van der Waals surface area (Å²) < 4.78 is 1.76. The number of fused-ring (bicyclic) bond motifs is 2. The lowest BCUT2D eigenvalue weighted by atomic mass is 10.3. The van der Waals surface area contributed by atoms with Crippen LogP contribution >= 0.6 is 0 Å². The van der Waals surface area contributed by atoms with Gasteiger partial charge in [0.1, 0.15) is 11.8 Å². The summed E-state index contributed by atoms with van der Waals surface area (Å²) in [5, 5.41) is 0. The van der Waals surface area contributed by atoms with Crippen molar-refractivity contribution in [3.05, 3.63) is 40.6 Å². The summed E-state index contributed by atoms with van der Waals surface area (Å²) in [4.78, 5) is 44.6. The van der Waals surface area contributed by atoms with E-state index in [1.165, 1.54) is 12.7 Å². The molecule has 4 heterocycles. The Hall–Kier alpha value is -3.30. The molecule has 1 amide bonds. The minimum absolute atomic E-state index is 0.0590. The number of imidazole rings is 1. The Balaban J connectivity index is 1.47. The summed E-state index contributed by atoms with van der Waals surface area (Å²) in [7, 11) is 0. The van der Waals surface area contributed by atoms with Crippen LogP contribution in [0.15, 0.2) is 23.8 Å². The molecule has 0 fully saturated rings. The van der Waals surface area contributed by atoms with Crippen LogP contribution in [0.25, 0.3) is 11.2 Å². The van der Waals surface area contributed by atoms with Crippen LogP contribution < -0.4 is 11.3 Å². The van der Waals surface area contributed by atoms with Crippen molar-refractivity contribution in [1.82, 2.24) is 34.4 Å². The van der Waals surface area contributed by atoms with Crippen LogP contribution in [-0.2, 0) is 24.4 Å². The highest BCUT2D eigenvalue weighted by Gasteiger charge is 2.26. The minimum Gasteiger partial charge on any atom is -0.382 e. The molecule has 10 nitrogen and oxygen atoms in total. The molecule has 0 unspecified atom stereocenters. The maximum absolute atomic E-state index is 12.4. The second kappa shape index (κ2) is 5.41. The molecule has 10 heteroatoms. The Morgan fingerprint density at radius 1 is 1.25 bits per heavy atom. The first kappa shape index (κ1) is 14.3. The number of nitrogens with two attached hydrogens (primary N) is 1. The third-order valence-electron chi connectivity index (χ3n) is 4.08. The summed E-state index contributed by atoms with van der Waals surface area (Å²) in [5.41, 5.74) is 7.88. The second-order valence-electron chi connectivity index (χ2n) is 5.53. The maximum Gasteiger partial charge on any atom is 0.256 e. The lowest BCUT2D eigenvalue weighted by Gasteiger charge is -2.15. The first-order valence-electron chi connectivity index (χ1n) is 7.38. The summed E-state index contributed by atoms with van der Waals surface area (Å²) >= 11 is 0. The van der Waals surface area contributed by atoms with Crippen molar-refractivity contribution in [1.29, 1.82) is 0 Å². The predicted octanol–water partition coefficient (Wildman–Crippen LogP) is -0.576. The lowest BCUT2D eigenvalue weighted by Crippen LogP contribution is -2.27. The molecular formula is C14H14N8O2. The summed E-state index contributed by atoms with van der Waals surface area (Å²) in [6.45, 7) is 1.07. The smallest absolute Gasteiger partial charge is 0.256 e. The van der Waals surface area contributed by atoms with E-state index in [1.54, 1.807) is 15.8 Å². The molecule has 24 heavy (non-hydrogen) atoms. The van der Waals surface area contributed by atoms with Crippen molar-refractivity contribution >= 4 is 22.9 Å². The van der Waals surface area contributed by atoms with Gasteiger partial charge in [-0.25, -0.2) is 19.9 Å². The van der Waals surface area contributed by atoms with E-state index in [2.05, 4.69) is 24.9 Å². The van der Waals surface area contributed by atoms with Crippen molar-refractivity contribution in [3.63, 3.8) is 0 Å². The molecule has 0 aromatic carbocycles. The fourth-order valence-corrected chi connectivity index (χ4v) is 2.80. The number of H-pyrrole nitrogens is 1. The van der Waals surface area contributed by atoms with E-state index >= 15 is 0 Å².